The standard InChI is InChI=1S/C10H12N4O/c1-6-5-8(3-4-12-6)10-14-13-9(15-10)7(2)11/h3-5,7H,11H2,1-2H3. The fraction of sp³-hybridized carbons (Fsp3) is 0.300. The van der Waals surface area contributed by atoms with Crippen molar-refractivity contribution in [2.24, 2.45) is 5.73 Å². The third-order valence-electron chi connectivity index (χ3n) is 1.97. The van der Waals surface area contributed by atoms with Crippen molar-refractivity contribution in [3.63, 3.8) is 0 Å². The molecule has 2 aromatic rings. The minimum absolute atomic E-state index is 0.241. The Balaban J connectivity index is 2.37. The maximum absolute atomic E-state index is 5.63. The van der Waals surface area contributed by atoms with Gasteiger partial charge in [0.05, 0.1) is 6.04 Å². The Morgan fingerprint density at radius 1 is 1.40 bits per heavy atom. The number of nitrogens with zero attached hydrogens (tertiary/aromatic N) is 3. The summed E-state index contributed by atoms with van der Waals surface area (Å²) in [4.78, 5) is 4.09. The lowest BCUT2D eigenvalue weighted by atomic mass is 10.2. The number of rotatable bonds is 2. The number of hydrogen-bond donors (Lipinski definition) is 1. The Hall–Kier alpha value is -1.75. The monoisotopic (exact) mass is 204 g/mol. The van der Waals surface area contributed by atoms with Gasteiger partial charge in [-0.25, -0.2) is 0 Å². The topological polar surface area (TPSA) is 77.8 Å². The molecule has 15 heavy (non-hydrogen) atoms. The lowest BCUT2D eigenvalue weighted by molar-refractivity contribution is 0.473. The average molecular weight is 204 g/mol. The van der Waals surface area contributed by atoms with E-state index in [0.717, 1.165) is 11.3 Å². The summed E-state index contributed by atoms with van der Waals surface area (Å²) in [6, 6.07) is 3.47. The molecule has 0 aliphatic heterocycles. The summed E-state index contributed by atoms with van der Waals surface area (Å²) < 4.78 is 5.41. The highest BCUT2D eigenvalue weighted by molar-refractivity contribution is 5.52. The summed E-state index contributed by atoms with van der Waals surface area (Å²) in [5.74, 6) is 0.923. The van der Waals surface area contributed by atoms with E-state index < -0.39 is 0 Å². The van der Waals surface area contributed by atoms with Gasteiger partial charge in [-0.15, -0.1) is 10.2 Å². The van der Waals surface area contributed by atoms with Gasteiger partial charge in [0, 0.05) is 17.5 Å². The molecule has 0 fully saturated rings. The summed E-state index contributed by atoms with van der Waals surface area (Å²) in [6.45, 7) is 3.71. The number of pyridine rings is 1. The number of aryl methyl sites for hydroxylation is 1. The van der Waals surface area contributed by atoms with E-state index in [1.165, 1.54) is 0 Å². The Labute approximate surface area is 87.3 Å². The lowest BCUT2D eigenvalue weighted by Gasteiger charge is -1.97. The second-order valence-electron chi connectivity index (χ2n) is 3.42. The molecule has 0 saturated carbocycles. The van der Waals surface area contributed by atoms with Crippen molar-refractivity contribution in [2.75, 3.05) is 0 Å². The molecule has 0 spiro atoms. The highest BCUT2D eigenvalue weighted by Gasteiger charge is 2.11. The Bertz CT molecular complexity index is 464. The third-order valence-corrected chi connectivity index (χ3v) is 1.97. The number of hydrogen-bond acceptors (Lipinski definition) is 5. The second kappa shape index (κ2) is 3.78. The molecule has 0 amide bonds. The fourth-order valence-corrected chi connectivity index (χ4v) is 1.21. The zero-order valence-corrected chi connectivity index (χ0v) is 8.64. The van der Waals surface area contributed by atoms with Crippen LogP contribution in [0.2, 0.25) is 0 Å². The molecule has 0 bridgehead atoms. The molecule has 2 N–H and O–H groups in total. The van der Waals surface area contributed by atoms with Gasteiger partial charge >= 0.3 is 0 Å². The van der Waals surface area contributed by atoms with Gasteiger partial charge in [0.15, 0.2) is 0 Å². The van der Waals surface area contributed by atoms with E-state index in [4.69, 9.17) is 10.2 Å². The van der Waals surface area contributed by atoms with E-state index in [2.05, 4.69) is 15.2 Å². The van der Waals surface area contributed by atoms with E-state index in [9.17, 15) is 0 Å². The van der Waals surface area contributed by atoms with Crippen LogP contribution in [0.1, 0.15) is 24.6 Å². The van der Waals surface area contributed by atoms with Gasteiger partial charge in [-0.1, -0.05) is 0 Å². The molecule has 2 rings (SSSR count). The smallest absolute Gasteiger partial charge is 0.247 e. The van der Waals surface area contributed by atoms with Crippen molar-refractivity contribution >= 4 is 0 Å². The summed E-state index contributed by atoms with van der Waals surface area (Å²) in [7, 11) is 0. The molecule has 0 aliphatic carbocycles. The van der Waals surface area contributed by atoms with Crippen molar-refractivity contribution in [3.8, 4) is 11.5 Å². The normalized spacial score (nSPS) is 12.7. The van der Waals surface area contributed by atoms with E-state index in [-0.39, 0.29) is 6.04 Å². The van der Waals surface area contributed by atoms with E-state index in [0.29, 0.717) is 11.8 Å². The molecule has 0 saturated heterocycles. The van der Waals surface area contributed by atoms with Crippen LogP contribution < -0.4 is 5.73 Å². The summed E-state index contributed by atoms with van der Waals surface area (Å²) in [6.07, 6.45) is 1.71. The molecule has 5 heteroatoms. The van der Waals surface area contributed by atoms with Crippen LogP contribution in [-0.4, -0.2) is 15.2 Å². The molecular formula is C10H12N4O. The first-order valence-corrected chi connectivity index (χ1v) is 4.69. The largest absolute Gasteiger partial charge is 0.419 e. The zero-order valence-electron chi connectivity index (χ0n) is 8.64. The van der Waals surface area contributed by atoms with Gasteiger partial charge < -0.3 is 10.2 Å². The van der Waals surface area contributed by atoms with Crippen LogP contribution in [0.5, 0.6) is 0 Å². The van der Waals surface area contributed by atoms with Crippen LogP contribution in [-0.2, 0) is 0 Å². The van der Waals surface area contributed by atoms with Gasteiger partial charge in [-0.3, -0.25) is 4.98 Å². The Morgan fingerprint density at radius 3 is 2.80 bits per heavy atom. The molecule has 78 valence electrons. The summed E-state index contributed by atoms with van der Waals surface area (Å²) >= 11 is 0. The average Bonchev–Trinajstić information content (AvgIpc) is 2.66. The van der Waals surface area contributed by atoms with Crippen LogP contribution in [0.4, 0.5) is 0 Å². The Kier molecular flexibility index (Phi) is 2.47. The summed E-state index contributed by atoms with van der Waals surface area (Å²) in [5.41, 5.74) is 7.40. The minimum Gasteiger partial charge on any atom is -0.419 e. The Morgan fingerprint density at radius 2 is 2.20 bits per heavy atom. The fourth-order valence-electron chi connectivity index (χ4n) is 1.21. The van der Waals surface area contributed by atoms with Gasteiger partial charge in [0.25, 0.3) is 0 Å². The second-order valence-corrected chi connectivity index (χ2v) is 3.42. The molecular weight excluding hydrogens is 192 g/mol. The molecule has 1 unspecified atom stereocenters. The molecule has 2 heterocycles. The maximum atomic E-state index is 5.63. The minimum atomic E-state index is -0.241. The van der Waals surface area contributed by atoms with Gasteiger partial charge in [-0.05, 0) is 26.0 Å². The first-order chi connectivity index (χ1) is 7.16. The van der Waals surface area contributed by atoms with E-state index in [1.807, 2.05) is 19.1 Å². The van der Waals surface area contributed by atoms with Crippen molar-refractivity contribution in [2.45, 2.75) is 19.9 Å². The molecule has 1 atom stereocenters. The SMILES string of the molecule is Cc1cc(-c2nnc(C(C)N)o2)ccn1. The third kappa shape index (κ3) is 2.02. The van der Waals surface area contributed by atoms with Gasteiger partial charge in [0.1, 0.15) is 0 Å². The van der Waals surface area contributed by atoms with Crippen LogP contribution in [0.25, 0.3) is 11.5 Å². The molecule has 0 aliphatic rings. The van der Waals surface area contributed by atoms with E-state index >= 15 is 0 Å². The van der Waals surface area contributed by atoms with Crippen molar-refractivity contribution in [1.82, 2.24) is 15.2 Å². The molecule has 5 nitrogen and oxygen atoms in total. The zero-order chi connectivity index (χ0) is 10.8. The van der Waals surface area contributed by atoms with Crippen LogP contribution >= 0.6 is 0 Å². The predicted molar refractivity (Wildman–Crippen MR) is 54.9 cm³/mol. The highest BCUT2D eigenvalue weighted by atomic mass is 16.4. The molecule has 2 aromatic heterocycles. The lowest BCUT2D eigenvalue weighted by Crippen LogP contribution is -2.04. The predicted octanol–water partition coefficient (Wildman–Crippen LogP) is 1.46. The number of aromatic nitrogens is 3. The van der Waals surface area contributed by atoms with Crippen molar-refractivity contribution in [1.29, 1.82) is 0 Å². The quantitative estimate of drug-likeness (QED) is 0.801. The van der Waals surface area contributed by atoms with Gasteiger partial charge in [-0.2, -0.15) is 0 Å². The van der Waals surface area contributed by atoms with E-state index in [1.54, 1.807) is 13.1 Å². The van der Waals surface area contributed by atoms with Crippen molar-refractivity contribution < 1.29 is 4.42 Å². The van der Waals surface area contributed by atoms with Gasteiger partial charge in [0.2, 0.25) is 11.8 Å². The number of nitrogens with two attached hydrogens (primary N) is 1. The maximum Gasteiger partial charge on any atom is 0.247 e. The highest BCUT2D eigenvalue weighted by Crippen LogP contribution is 2.19. The van der Waals surface area contributed by atoms with Crippen molar-refractivity contribution in [3.05, 3.63) is 29.9 Å². The molecule has 0 radical (unpaired) electrons. The van der Waals surface area contributed by atoms with Crippen LogP contribution in [0.3, 0.4) is 0 Å². The molecule has 0 aromatic carbocycles. The van der Waals surface area contributed by atoms with Crippen LogP contribution in [0, 0.1) is 6.92 Å². The first-order valence-electron chi connectivity index (χ1n) is 4.69. The first kappa shape index (κ1) is 9.79. The summed E-state index contributed by atoms with van der Waals surface area (Å²) in [5, 5.41) is 7.78. The van der Waals surface area contributed by atoms with Crippen LogP contribution in [0.15, 0.2) is 22.7 Å².